The first-order valence-corrected chi connectivity index (χ1v) is 4.31. The molecule has 2 heteroatoms. The van der Waals surface area contributed by atoms with Crippen LogP contribution in [0.1, 0.15) is 19.8 Å². The molecule has 0 rings (SSSR count). The molecule has 0 heterocycles. The van der Waals surface area contributed by atoms with Crippen LogP contribution in [0.3, 0.4) is 0 Å². The molecule has 1 N–H and O–H groups in total. The first-order valence-electron chi connectivity index (χ1n) is 4.31. The Bertz CT molecular complexity index is 83.6. The number of hydrogen-bond acceptors (Lipinski definition) is 2. The Morgan fingerprint density at radius 3 is 2.91 bits per heavy atom. The van der Waals surface area contributed by atoms with E-state index in [0.29, 0.717) is 6.61 Å². The van der Waals surface area contributed by atoms with Crippen LogP contribution in [-0.2, 0) is 4.74 Å². The molecular formula is C9H19NO. The van der Waals surface area contributed by atoms with Gasteiger partial charge in [-0.15, -0.1) is 6.58 Å². The zero-order valence-electron chi connectivity index (χ0n) is 7.44. The van der Waals surface area contributed by atoms with Gasteiger partial charge in [0, 0.05) is 6.61 Å². The molecule has 2 nitrogen and oxygen atoms in total. The maximum Gasteiger partial charge on any atom is 0.0644 e. The quantitative estimate of drug-likeness (QED) is 0.426. The third-order valence-corrected chi connectivity index (χ3v) is 1.30. The van der Waals surface area contributed by atoms with Crippen molar-refractivity contribution in [2.75, 3.05) is 26.3 Å². The minimum atomic E-state index is 0.674. The molecule has 0 amide bonds. The van der Waals surface area contributed by atoms with Gasteiger partial charge in [-0.2, -0.15) is 0 Å². The predicted molar refractivity (Wildman–Crippen MR) is 48.8 cm³/mol. The summed E-state index contributed by atoms with van der Waals surface area (Å²) in [6.45, 7) is 9.42. The molecule has 0 aliphatic rings. The van der Waals surface area contributed by atoms with Gasteiger partial charge in [0.25, 0.3) is 0 Å². The normalized spacial score (nSPS) is 9.91. The van der Waals surface area contributed by atoms with Gasteiger partial charge in [0.05, 0.1) is 6.61 Å². The molecule has 11 heavy (non-hydrogen) atoms. The summed E-state index contributed by atoms with van der Waals surface area (Å²) < 4.78 is 5.20. The zero-order chi connectivity index (χ0) is 8.36. The largest absolute Gasteiger partial charge is 0.377 e. The molecule has 0 saturated carbocycles. The van der Waals surface area contributed by atoms with Crippen molar-refractivity contribution >= 4 is 0 Å². The van der Waals surface area contributed by atoms with Crippen LogP contribution >= 0.6 is 0 Å². The second-order valence-electron chi connectivity index (χ2n) is 2.47. The van der Waals surface area contributed by atoms with Crippen molar-refractivity contribution < 1.29 is 4.74 Å². The number of hydrogen-bond donors (Lipinski definition) is 1. The smallest absolute Gasteiger partial charge is 0.0644 e. The van der Waals surface area contributed by atoms with Gasteiger partial charge in [-0.1, -0.05) is 13.0 Å². The van der Waals surface area contributed by atoms with E-state index in [1.807, 2.05) is 0 Å². The maximum atomic E-state index is 5.20. The Morgan fingerprint density at radius 1 is 1.45 bits per heavy atom. The van der Waals surface area contributed by atoms with Gasteiger partial charge in [-0.25, -0.2) is 0 Å². The average Bonchev–Trinajstić information content (AvgIpc) is 2.03. The van der Waals surface area contributed by atoms with Crippen molar-refractivity contribution in [2.45, 2.75) is 19.8 Å². The molecule has 0 aromatic carbocycles. The van der Waals surface area contributed by atoms with Crippen LogP contribution in [0.15, 0.2) is 12.7 Å². The minimum absolute atomic E-state index is 0.674. The monoisotopic (exact) mass is 157 g/mol. The molecule has 0 bridgehead atoms. The van der Waals surface area contributed by atoms with Gasteiger partial charge in [0.1, 0.15) is 0 Å². The van der Waals surface area contributed by atoms with E-state index in [0.717, 1.165) is 26.1 Å². The molecule has 0 atom stereocenters. The van der Waals surface area contributed by atoms with Crippen LogP contribution in [0.2, 0.25) is 0 Å². The first kappa shape index (κ1) is 10.7. The molecule has 0 aliphatic heterocycles. The topological polar surface area (TPSA) is 21.3 Å². The number of rotatable bonds is 8. The summed E-state index contributed by atoms with van der Waals surface area (Å²) >= 11 is 0. The summed E-state index contributed by atoms with van der Waals surface area (Å²) in [6.07, 6.45) is 4.07. The lowest BCUT2D eigenvalue weighted by molar-refractivity contribution is 0.159. The highest BCUT2D eigenvalue weighted by atomic mass is 16.5. The van der Waals surface area contributed by atoms with Crippen LogP contribution in [0, 0.1) is 0 Å². The molecule has 0 fully saturated rings. The SMILES string of the molecule is C=CCOCCCNCCC. The zero-order valence-corrected chi connectivity index (χ0v) is 7.44. The van der Waals surface area contributed by atoms with Crippen molar-refractivity contribution in [1.29, 1.82) is 0 Å². The average molecular weight is 157 g/mol. The van der Waals surface area contributed by atoms with Crippen LogP contribution in [0.4, 0.5) is 0 Å². The van der Waals surface area contributed by atoms with Crippen LogP contribution < -0.4 is 5.32 Å². The first-order chi connectivity index (χ1) is 5.41. The van der Waals surface area contributed by atoms with Crippen LogP contribution in [0.25, 0.3) is 0 Å². The van der Waals surface area contributed by atoms with E-state index in [2.05, 4.69) is 18.8 Å². The van der Waals surface area contributed by atoms with E-state index in [1.165, 1.54) is 6.42 Å². The Kier molecular flexibility index (Phi) is 9.36. The Hall–Kier alpha value is -0.340. The van der Waals surface area contributed by atoms with E-state index in [4.69, 9.17) is 4.74 Å². The fourth-order valence-corrected chi connectivity index (χ4v) is 0.768. The molecule has 0 aromatic heterocycles. The Labute approximate surface area is 69.6 Å². The summed E-state index contributed by atoms with van der Waals surface area (Å²) in [7, 11) is 0. The second kappa shape index (κ2) is 9.66. The van der Waals surface area contributed by atoms with E-state index < -0.39 is 0 Å². The van der Waals surface area contributed by atoms with Crippen LogP contribution in [-0.4, -0.2) is 26.3 Å². The maximum absolute atomic E-state index is 5.20. The predicted octanol–water partition coefficient (Wildman–Crippen LogP) is 1.58. The summed E-state index contributed by atoms with van der Waals surface area (Å²) in [5, 5.41) is 3.31. The number of ether oxygens (including phenoxy) is 1. The molecule has 0 aliphatic carbocycles. The molecule has 0 unspecified atom stereocenters. The second-order valence-corrected chi connectivity index (χ2v) is 2.47. The third-order valence-electron chi connectivity index (χ3n) is 1.30. The van der Waals surface area contributed by atoms with E-state index in [1.54, 1.807) is 6.08 Å². The minimum Gasteiger partial charge on any atom is -0.377 e. The van der Waals surface area contributed by atoms with Gasteiger partial charge in [0.2, 0.25) is 0 Å². The highest BCUT2D eigenvalue weighted by Gasteiger charge is 1.86. The standard InChI is InChI=1S/C9H19NO/c1-3-6-10-7-5-9-11-8-4-2/h4,10H,2-3,5-9H2,1H3. The summed E-state index contributed by atoms with van der Waals surface area (Å²) in [4.78, 5) is 0. The van der Waals surface area contributed by atoms with E-state index >= 15 is 0 Å². The highest BCUT2D eigenvalue weighted by molar-refractivity contribution is 4.63. The van der Waals surface area contributed by atoms with Gasteiger partial charge < -0.3 is 10.1 Å². The summed E-state index contributed by atoms with van der Waals surface area (Å²) in [5.74, 6) is 0. The van der Waals surface area contributed by atoms with E-state index in [-0.39, 0.29) is 0 Å². The lowest BCUT2D eigenvalue weighted by Gasteiger charge is -2.02. The fraction of sp³-hybridized carbons (Fsp3) is 0.778. The molecule has 0 spiro atoms. The van der Waals surface area contributed by atoms with Gasteiger partial charge in [-0.05, 0) is 25.9 Å². The fourth-order valence-electron chi connectivity index (χ4n) is 0.768. The summed E-state index contributed by atoms with van der Waals surface area (Å²) in [5.41, 5.74) is 0. The van der Waals surface area contributed by atoms with Gasteiger partial charge in [-0.3, -0.25) is 0 Å². The number of nitrogens with one attached hydrogen (secondary N) is 1. The lowest BCUT2D eigenvalue weighted by atomic mass is 10.4. The molecule has 0 radical (unpaired) electrons. The van der Waals surface area contributed by atoms with Crippen molar-refractivity contribution in [3.05, 3.63) is 12.7 Å². The summed E-state index contributed by atoms with van der Waals surface area (Å²) in [6, 6.07) is 0. The third kappa shape index (κ3) is 9.66. The Balaban J connectivity index is 2.74. The molecule has 66 valence electrons. The molecule has 0 aromatic rings. The molecule has 0 saturated heterocycles. The van der Waals surface area contributed by atoms with Gasteiger partial charge >= 0.3 is 0 Å². The molecular weight excluding hydrogens is 138 g/mol. The van der Waals surface area contributed by atoms with Crippen LogP contribution in [0.5, 0.6) is 0 Å². The van der Waals surface area contributed by atoms with Crippen molar-refractivity contribution in [3.8, 4) is 0 Å². The van der Waals surface area contributed by atoms with Crippen molar-refractivity contribution in [3.63, 3.8) is 0 Å². The Morgan fingerprint density at radius 2 is 2.27 bits per heavy atom. The lowest BCUT2D eigenvalue weighted by Crippen LogP contribution is -2.17. The van der Waals surface area contributed by atoms with Crippen molar-refractivity contribution in [2.24, 2.45) is 0 Å². The van der Waals surface area contributed by atoms with Gasteiger partial charge in [0.15, 0.2) is 0 Å². The highest BCUT2D eigenvalue weighted by Crippen LogP contribution is 1.81. The van der Waals surface area contributed by atoms with E-state index in [9.17, 15) is 0 Å². The van der Waals surface area contributed by atoms with Crippen molar-refractivity contribution in [1.82, 2.24) is 5.32 Å².